The van der Waals surface area contributed by atoms with Crippen LogP contribution in [0.3, 0.4) is 0 Å². The van der Waals surface area contributed by atoms with Crippen molar-refractivity contribution < 1.29 is 14.3 Å². The molecule has 2 aliphatic heterocycles. The van der Waals surface area contributed by atoms with Crippen molar-refractivity contribution in [2.75, 3.05) is 13.7 Å². The summed E-state index contributed by atoms with van der Waals surface area (Å²) in [5.41, 5.74) is 0. The number of rotatable bonds is 3. The molecule has 1 atom stereocenters. The van der Waals surface area contributed by atoms with Crippen molar-refractivity contribution in [1.29, 1.82) is 0 Å². The summed E-state index contributed by atoms with van der Waals surface area (Å²) in [5.74, 6) is 3.00. The summed E-state index contributed by atoms with van der Waals surface area (Å²) in [5, 5.41) is 8.36. The highest BCUT2D eigenvalue weighted by molar-refractivity contribution is 5.81. The maximum absolute atomic E-state index is 12.6. The quantitative estimate of drug-likeness (QED) is 0.846. The van der Waals surface area contributed by atoms with Crippen LogP contribution in [0, 0.1) is 0 Å². The summed E-state index contributed by atoms with van der Waals surface area (Å²) in [6, 6.07) is 7.38. The van der Waals surface area contributed by atoms with E-state index in [9.17, 15) is 4.79 Å². The Balaban J connectivity index is 1.45. The lowest BCUT2D eigenvalue weighted by Gasteiger charge is -2.28. The first-order valence-electron chi connectivity index (χ1n) is 7.77. The normalized spacial score (nSPS) is 18.6. The molecule has 0 bridgehead atoms. The number of aryl methyl sites for hydroxylation is 1. The summed E-state index contributed by atoms with van der Waals surface area (Å²) >= 11 is 0. The zero-order chi connectivity index (χ0) is 15.8. The highest BCUT2D eigenvalue weighted by atomic mass is 16.6. The fraction of sp³-hybridized carbons (Fsp3) is 0.438. The molecule has 1 aromatic heterocycles. The van der Waals surface area contributed by atoms with Crippen LogP contribution in [0.15, 0.2) is 24.3 Å². The molecule has 1 amide bonds. The van der Waals surface area contributed by atoms with E-state index in [2.05, 4.69) is 14.8 Å². The Hall–Kier alpha value is -2.57. The number of carbonyl (C=O) groups is 1. The van der Waals surface area contributed by atoms with Crippen molar-refractivity contribution >= 4 is 5.91 Å². The molecule has 0 spiro atoms. The number of para-hydroxylation sites is 2. The Bertz CT molecular complexity index is 743. The van der Waals surface area contributed by atoms with E-state index in [1.807, 2.05) is 18.2 Å². The number of aromatic nitrogens is 3. The summed E-state index contributed by atoms with van der Waals surface area (Å²) in [7, 11) is 1.75. The Morgan fingerprint density at radius 1 is 1.35 bits per heavy atom. The molecule has 0 saturated carbocycles. The number of carbonyl (C=O) groups excluding carboxylic acids is 1. The first-order valence-corrected chi connectivity index (χ1v) is 7.77. The van der Waals surface area contributed by atoms with Crippen LogP contribution in [-0.2, 0) is 24.3 Å². The van der Waals surface area contributed by atoms with Gasteiger partial charge < -0.3 is 18.9 Å². The summed E-state index contributed by atoms with van der Waals surface area (Å²) < 4.78 is 13.5. The van der Waals surface area contributed by atoms with Gasteiger partial charge in [-0.15, -0.1) is 10.2 Å². The lowest BCUT2D eigenvalue weighted by atomic mass is 10.2. The topological polar surface area (TPSA) is 69.5 Å². The molecule has 7 nitrogen and oxygen atoms in total. The molecule has 0 radical (unpaired) electrons. The largest absolute Gasteiger partial charge is 0.485 e. The van der Waals surface area contributed by atoms with Crippen molar-refractivity contribution in [1.82, 2.24) is 19.7 Å². The van der Waals surface area contributed by atoms with Gasteiger partial charge in [-0.1, -0.05) is 12.1 Å². The fourth-order valence-electron chi connectivity index (χ4n) is 3.00. The van der Waals surface area contributed by atoms with Crippen molar-refractivity contribution in [2.45, 2.75) is 32.0 Å². The summed E-state index contributed by atoms with van der Waals surface area (Å²) in [6.45, 7) is 1.57. The van der Waals surface area contributed by atoms with Crippen LogP contribution < -0.4 is 9.47 Å². The third-order valence-electron chi connectivity index (χ3n) is 4.22. The molecule has 4 rings (SSSR count). The van der Waals surface area contributed by atoms with Gasteiger partial charge in [-0.3, -0.25) is 4.79 Å². The third-order valence-corrected chi connectivity index (χ3v) is 4.22. The zero-order valence-electron chi connectivity index (χ0n) is 12.9. The van der Waals surface area contributed by atoms with E-state index in [0.717, 1.165) is 31.0 Å². The molecule has 3 heterocycles. The summed E-state index contributed by atoms with van der Waals surface area (Å²) in [6.07, 6.45) is 1.42. The Kier molecular flexibility index (Phi) is 3.40. The van der Waals surface area contributed by atoms with Gasteiger partial charge in [0.25, 0.3) is 5.91 Å². The van der Waals surface area contributed by atoms with E-state index >= 15 is 0 Å². The van der Waals surface area contributed by atoms with Crippen LogP contribution in [0.4, 0.5) is 0 Å². The maximum Gasteiger partial charge on any atom is 0.267 e. The number of amides is 1. The number of likely N-dealkylation sites (N-methyl/N-ethyl adjacent to an activating group) is 1. The predicted molar refractivity (Wildman–Crippen MR) is 81.2 cm³/mol. The maximum atomic E-state index is 12.6. The standard InChI is InChI=1S/C16H18N4O3/c1-19(9-15-18-17-14-7-4-8-20(14)15)16(21)13-10-22-11-5-2-3-6-12(11)23-13/h2-3,5-6,13H,4,7-10H2,1H3. The monoisotopic (exact) mass is 314 g/mol. The molecule has 120 valence electrons. The predicted octanol–water partition coefficient (Wildman–Crippen LogP) is 1.02. The minimum Gasteiger partial charge on any atom is -0.485 e. The van der Waals surface area contributed by atoms with Crippen LogP contribution in [0.5, 0.6) is 11.5 Å². The number of hydrogen-bond acceptors (Lipinski definition) is 5. The van der Waals surface area contributed by atoms with Gasteiger partial charge in [0.2, 0.25) is 6.10 Å². The molecule has 2 aliphatic rings. The molecule has 0 fully saturated rings. The SMILES string of the molecule is CN(Cc1nnc2n1CCC2)C(=O)C1COc2ccccc2O1. The summed E-state index contributed by atoms with van der Waals surface area (Å²) in [4.78, 5) is 14.2. The van der Waals surface area contributed by atoms with Crippen LogP contribution in [0.25, 0.3) is 0 Å². The van der Waals surface area contributed by atoms with Crippen molar-refractivity contribution in [3.05, 3.63) is 35.9 Å². The zero-order valence-corrected chi connectivity index (χ0v) is 12.9. The smallest absolute Gasteiger partial charge is 0.267 e. The lowest BCUT2D eigenvalue weighted by Crippen LogP contribution is -2.44. The minimum absolute atomic E-state index is 0.116. The van der Waals surface area contributed by atoms with Crippen molar-refractivity contribution in [3.8, 4) is 11.5 Å². The highest BCUT2D eigenvalue weighted by Gasteiger charge is 2.30. The number of fused-ring (bicyclic) bond motifs is 2. The van der Waals surface area contributed by atoms with Gasteiger partial charge in [0.05, 0.1) is 6.54 Å². The van der Waals surface area contributed by atoms with Gasteiger partial charge in [0, 0.05) is 20.0 Å². The second-order valence-electron chi connectivity index (χ2n) is 5.85. The molecule has 1 aromatic carbocycles. The molecule has 1 unspecified atom stereocenters. The fourth-order valence-corrected chi connectivity index (χ4v) is 3.00. The molecule has 2 aromatic rings. The number of ether oxygens (including phenoxy) is 2. The van der Waals surface area contributed by atoms with Crippen LogP contribution in [0.2, 0.25) is 0 Å². The van der Waals surface area contributed by atoms with Gasteiger partial charge in [-0.25, -0.2) is 0 Å². The minimum atomic E-state index is -0.629. The van der Waals surface area contributed by atoms with E-state index in [-0.39, 0.29) is 12.5 Å². The first kappa shape index (κ1) is 14.0. The van der Waals surface area contributed by atoms with Crippen LogP contribution >= 0.6 is 0 Å². The third kappa shape index (κ3) is 2.52. The van der Waals surface area contributed by atoms with E-state index in [0.29, 0.717) is 18.0 Å². The number of hydrogen-bond donors (Lipinski definition) is 0. The van der Waals surface area contributed by atoms with Crippen molar-refractivity contribution in [3.63, 3.8) is 0 Å². The van der Waals surface area contributed by atoms with E-state index in [1.54, 1.807) is 18.0 Å². The van der Waals surface area contributed by atoms with Crippen LogP contribution in [0.1, 0.15) is 18.1 Å². The average molecular weight is 314 g/mol. The molecule has 23 heavy (non-hydrogen) atoms. The molecule has 0 saturated heterocycles. The molecule has 0 aliphatic carbocycles. The van der Waals surface area contributed by atoms with Gasteiger partial charge >= 0.3 is 0 Å². The highest BCUT2D eigenvalue weighted by Crippen LogP contribution is 2.31. The Morgan fingerprint density at radius 3 is 3.04 bits per heavy atom. The van der Waals surface area contributed by atoms with E-state index < -0.39 is 6.10 Å². The Labute approximate surface area is 133 Å². The molecule has 7 heteroatoms. The lowest BCUT2D eigenvalue weighted by molar-refractivity contribution is -0.140. The van der Waals surface area contributed by atoms with Gasteiger partial charge in [-0.05, 0) is 18.6 Å². The Morgan fingerprint density at radius 2 is 2.17 bits per heavy atom. The first-order chi connectivity index (χ1) is 11.2. The number of nitrogens with zero attached hydrogens (tertiary/aromatic N) is 4. The van der Waals surface area contributed by atoms with E-state index in [4.69, 9.17) is 9.47 Å². The van der Waals surface area contributed by atoms with Gasteiger partial charge in [0.1, 0.15) is 12.4 Å². The van der Waals surface area contributed by atoms with Crippen molar-refractivity contribution in [2.24, 2.45) is 0 Å². The van der Waals surface area contributed by atoms with Crippen LogP contribution in [-0.4, -0.2) is 45.3 Å². The second kappa shape index (κ2) is 5.57. The second-order valence-corrected chi connectivity index (χ2v) is 5.85. The number of benzene rings is 1. The van der Waals surface area contributed by atoms with Gasteiger partial charge in [0.15, 0.2) is 17.3 Å². The molecular formula is C16H18N4O3. The average Bonchev–Trinajstić information content (AvgIpc) is 3.18. The van der Waals surface area contributed by atoms with E-state index in [1.165, 1.54) is 0 Å². The molecular weight excluding hydrogens is 296 g/mol. The van der Waals surface area contributed by atoms with Gasteiger partial charge in [-0.2, -0.15) is 0 Å². The molecule has 0 N–H and O–H groups in total.